The van der Waals surface area contributed by atoms with E-state index in [1.807, 2.05) is 12.1 Å². The quantitative estimate of drug-likeness (QED) is 0.181. The monoisotopic (exact) mass is 503 g/mol. The van der Waals surface area contributed by atoms with Crippen molar-refractivity contribution in [2.45, 2.75) is 6.61 Å². The van der Waals surface area contributed by atoms with Gasteiger partial charge in [0.2, 0.25) is 0 Å². The maximum atomic E-state index is 13.0. The maximum absolute atomic E-state index is 13.0. The van der Waals surface area contributed by atoms with Gasteiger partial charge in [0.05, 0.1) is 34.3 Å². The first-order valence-corrected chi connectivity index (χ1v) is 11.4. The molecule has 3 aromatic carbocycles. The zero-order valence-electron chi connectivity index (χ0n) is 18.3. The molecule has 0 aliphatic carbocycles. The van der Waals surface area contributed by atoms with E-state index >= 15 is 0 Å². The van der Waals surface area contributed by atoms with Crippen LogP contribution in [0.1, 0.15) is 16.7 Å². The van der Waals surface area contributed by atoms with Crippen LogP contribution in [0, 0.1) is 21.4 Å². The summed E-state index contributed by atoms with van der Waals surface area (Å²) in [5.41, 5.74) is 2.19. The number of thiocarbonyl (C=S) groups is 1. The summed E-state index contributed by atoms with van der Waals surface area (Å²) in [7, 11) is 1.51. The molecular formula is C25H17N3O5S2. The van der Waals surface area contributed by atoms with Crippen LogP contribution < -0.4 is 14.4 Å². The highest BCUT2D eigenvalue weighted by molar-refractivity contribution is 8.27. The first-order valence-electron chi connectivity index (χ1n) is 10.2. The van der Waals surface area contributed by atoms with Crippen LogP contribution in [-0.4, -0.2) is 22.3 Å². The number of hydrogen-bond acceptors (Lipinski definition) is 8. The predicted molar refractivity (Wildman–Crippen MR) is 137 cm³/mol. The van der Waals surface area contributed by atoms with E-state index in [1.165, 1.54) is 30.2 Å². The Morgan fingerprint density at radius 2 is 1.94 bits per heavy atom. The summed E-state index contributed by atoms with van der Waals surface area (Å²) in [6.07, 6.45) is 1.67. The van der Waals surface area contributed by atoms with Crippen molar-refractivity contribution in [1.82, 2.24) is 0 Å². The van der Waals surface area contributed by atoms with E-state index in [4.69, 9.17) is 21.7 Å². The average Bonchev–Trinajstić information content (AvgIpc) is 3.15. The van der Waals surface area contributed by atoms with Gasteiger partial charge in [0.15, 0.2) is 15.8 Å². The molecule has 4 rings (SSSR count). The normalized spacial score (nSPS) is 14.2. The van der Waals surface area contributed by atoms with E-state index < -0.39 is 4.92 Å². The minimum atomic E-state index is -0.522. The molecule has 0 unspecified atom stereocenters. The van der Waals surface area contributed by atoms with Crippen molar-refractivity contribution in [1.29, 1.82) is 5.26 Å². The van der Waals surface area contributed by atoms with Gasteiger partial charge in [-0.25, -0.2) is 0 Å². The molecule has 1 heterocycles. The van der Waals surface area contributed by atoms with Crippen molar-refractivity contribution in [3.8, 4) is 17.6 Å². The zero-order valence-corrected chi connectivity index (χ0v) is 20.0. The molecule has 0 spiro atoms. The number of carbonyl (C=O) groups excluding carboxylic acids is 1. The van der Waals surface area contributed by atoms with Gasteiger partial charge in [-0.1, -0.05) is 54.3 Å². The first kappa shape index (κ1) is 23.9. The number of nitro groups is 1. The molecule has 35 heavy (non-hydrogen) atoms. The molecule has 0 aromatic heterocycles. The molecule has 1 saturated heterocycles. The summed E-state index contributed by atoms with van der Waals surface area (Å²) in [6, 6.07) is 20.3. The Morgan fingerprint density at radius 3 is 2.69 bits per heavy atom. The molecule has 1 aliphatic heterocycles. The number of rotatable bonds is 7. The SMILES string of the molecule is COc1cc(/C=C2/SC(=S)N(c3cccc([N+](=O)[O-])c3)C2=O)ccc1OCc1ccccc1C#N. The summed E-state index contributed by atoms with van der Waals surface area (Å²) in [6.45, 7) is 0.196. The molecule has 0 saturated carbocycles. The smallest absolute Gasteiger partial charge is 0.271 e. The van der Waals surface area contributed by atoms with Crippen LogP contribution in [-0.2, 0) is 11.4 Å². The zero-order chi connectivity index (χ0) is 24.9. The van der Waals surface area contributed by atoms with Crippen LogP contribution in [0.25, 0.3) is 6.08 Å². The van der Waals surface area contributed by atoms with Crippen LogP contribution in [0.15, 0.2) is 71.6 Å². The number of nitro benzene ring substituents is 1. The highest BCUT2D eigenvalue weighted by atomic mass is 32.2. The predicted octanol–water partition coefficient (Wildman–Crippen LogP) is 5.46. The lowest BCUT2D eigenvalue weighted by atomic mass is 10.1. The van der Waals surface area contributed by atoms with Crippen molar-refractivity contribution < 1.29 is 19.2 Å². The number of carbonyl (C=O) groups is 1. The van der Waals surface area contributed by atoms with E-state index in [1.54, 1.807) is 42.5 Å². The highest BCUT2D eigenvalue weighted by Gasteiger charge is 2.34. The van der Waals surface area contributed by atoms with Gasteiger partial charge in [0.25, 0.3) is 11.6 Å². The van der Waals surface area contributed by atoms with Crippen molar-refractivity contribution in [2.75, 3.05) is 12.0 Å². The second kappa shape index (κ2) is 10.4. The van der Waals surface area contributed by atoms with E-state index in [2.05, 4.69) is 6.07 Å². The van der Waals surface area contributed by atoms with E-state index in [9.17, 15) is 20.2 Å². The third-order valence-electron chi connectivity index (χ3n) is 5.10. The molecule has 1 fully saturated rings. The second-order valence-electron chi connectivity index (χ2n) is 7.26. The van der Waals surface area contributed by atoms with Gasteiger partial charge < -0.3 is 9.47 Å². The number of thioether (sulfide) groups is 1. The summed E-state index contributed by atoms with van der Waals surface area (Å²) in [5, 5.41) is 20.3. The van der Waals surface area contributed by atoms with E-state index in [-0.39, 0.29) is 22.5 Å². The molecule has 0 radical (unpaired) electrons. The first-order chi connectivity index (χ1) is 16.9. The number of non-ortho nitro benzene ring substituents is 1. The van der Waals surface area contributed by atoms with Gasteiger partial charge in [-0.2, -0.15) is 5.26 Å². The molecule has 0 bridgehead atoms. The van der Waals surface area contributed by atoms with Gasteiger partial charge in [-0.15, -0.1) is 0 Å². The highest BCUT2D eigenvalue weighted by Crippen LogP contribution is 2.38. The van der Waals surface area contributed by atoms with Gasteiger partial charge in [0, 0.05) is 17.7 Å². The number of amides is 1. The fourth-order valence-corrected chi connectivity index (χ4v) is 4.69. The minimum Gasteiger partial charge on any atom is -0.493 e. The fourth-order valence-electron chi connectivity index (χ4n) is 3.39. The lowest BCUT2D eigenvalue weighted by Crippen LogP contribution is -2.27. The van der Waals surface area contributed by atoms with E-state index in [0.717, 1.165) is 17.3 Å². The molecular weight excluding hydrogens is 486 g/mol. The summed E-state index contributed by atoms with van der Waals surface area (Å²) < 4.78 is 11.6. The third kappa shape index (κ3) is 5.16. The van der Waals surface area contributed by atoms with Crippen molar-refractivity contribution >= 4 is 51.7 Å². The molecule has 1 aliphatic rings. The molecule has 8 nitrogen and oxygen atoms in total. The maximum Gasteiger partial charge on any atom is 0.271 e. The largest absolute Gasteiger partial charge is 0.493 e. The minimum absolute atomic E-state index is 0.127. The number of nitriles is 1. The Hall–Kier alpha value is -4.20. The number of benzene rings is 3. The second-order valence-corrected chi connectivity index (χ2v) is 8.94. The number of anilines is 1. The average molecular weight is 504 g/mol. The van der Waals surface area contributed by atoms with Gasteiger partial charge in [-0.05, 0) is 35.9 Å². The molecule has 1 amide bonds. The number of hydrogen-bond donors (Lipinski definition) is 0. The number of nitrogens with zero attached hydrogens (tertiary/aromatic N) is 3. The summed E-state index contributed by atoms with van der Waals surface area (Å²) in [4.78, 5) is 25.3. The lowest BCUT2D eigenvalue weighted by Gasteiger charge is -2.14. The number of methoxy groups -OCH3 is 1. The molecule has 174 valence electrons. The Balaban J connectivity index is 1.55. The van der Waals surface area contributed by atoms with Gasteiger partial charge >= 0.3 is 0 Å². The Morgan fingerprint density at radius 1 is 1.14 bits per heavy atom. The van der Waals surface area contributed by atoms with Crippen molar-refractivity contribution in [3.63, 3.8) is 0 Å². The fraction of sp³-hybridized carbons (Fsp3) is 0.0800. The Labute approximate surface area is 210 Å². The van der Waals surface area contributed by atoms with Crippen LogP contribution in [0.3, 0.4) is 0 Å². The van der Waals surface area contributed by atoms with E-state index in [0.29, 0.717) is 33.2 Å². The Kier molecular flexibility index (Phi) is 7.10. The van der Waals surface area contributed by atoms with Crippen LogP contribution in [0.2, 0.25) is 0 Å². The standard InChI is InChI=1S/C25H17N3O5S2/c1-32-22-11-16(9-10-21(22)33-15-18-6-3-2-5-17(18)14-26)12-23-24(29)27(25(34)35-23)19-7-4-8-20(13-19)28(30)31/h2-13H,15H2,1H3/b23-12+. The molecule has 0 atom stereocenters. The molecule has 0 N–H and O–H groups in total. The Bertz CT molecular complexity index is 1410. The molecule has 3 aromatic rings. The lowest BCUT2D eigenvalue weighted by molar-refractivity contribution is -0.384. The van der Waals surface area contributed by atoms with Crippen LogP contribution >= 0.6 is 24.0 Å². The van der Waals surface area contributed by atoms with Crippen LogP contribution in [0.5, 0.6) is 11.5 Å². The third-order valence-corrected chi connectivity index (χ3v) is 6.40. The van der Waals surface area contributed by atoms with Crippen molar-refractivity contribution in [2.24, 2.45) is 0 Å². The summed E-state index contributed by atoms with van der Waals surface area (Å²) in [5.74, 6) is 0.580. The van der Waals surface area contributed by atoms with Crippen molar-refractivity contribution in [3.05, 3.63) is 98.4 Å². The number of ether oxygens (including phenoxy) is 2. The van der Waals surface area contributed by atoms with Crippen LogP contribution in [0.4, 0.5) is 11.4 Å². The molecule has 10 heteroatoms. The summed E-state index contributed by atoms with van der Waals surface area (Å²) >= 11 is 6.47. The van der Waals surface area contributed by atoms with Gasteiger partial charge in [-0.3, -0.25) is 19.8 Å². The topological polar surface area (TPSA) is 106 Å². The van der Waals surface area contributed by atoms with Gasteiger partial charge in [0.1, 0.15) is 6.61 Å².